The van der Waals surface area contributed by atoms with Crippen molar-refractivity contribution in [3.8, 4) is 0 Å². The van der Waals surface area contributed by atoms with Gasteiger partial charge < -0.3 is 24.8 Å². The summed E-state index contributed by atoms with van der Waals surface area (Å²) in [6, 6.07) is 5.73. The van der Waals surface area contributed by atoms with Crippen LogP contribution < -0.4 is 10.6 Å². The third-order valence-electron chi connectivity index (χ3n) is 4.60. The number of pyridine rings is 1. The lowest BCUT2D eigenvalue weighted by Gasteiger charge is -2.28. The lowest BCUT2D eigenvalue weighted by molar-refractivity contribution is -0.120. The minimum absolute atomic E-state index is 0.0511. The molecule has 0 atom stereocenters. The molecule has 0 aliphatic rings. The van der Waals surface area contributed by atoms with Crippen molar-refractivity contribution in [3.63, 3.8) is 0 Å². The maximum atomic E-state index is 11.8. The molecule has 0 unspecified atom stereocenters. The van der Waals surface area contributed by atoms with Crippen LogP contribution in [0, 0.1) is 0 Å². The molecule has 8 nitrogen and oxygen atoms in total. The van der Waals surface area contributed by atoms with E-state index in [1.165, 1.54) is 0 Å². The second kappa shape index (κ2) is 15.4. The van der Waals surface area contributed by atoms with E-state index in [1.54, 1.807) is 34.9 Å². The first-order chi connectivity index (χ1) is 15.1. The van der Waals surface area contributed by atoms with Gasteiger partial charge >= 0.3 is 6.09 Å². The highest BCUT2D eigenvalue weighted by molar-refractivity contribution is 8.76. The van der Waals surface area contributed by atoms with Gasteiger partial charge in [0.1, 0.15) is 5.03 Å². The molecule has 182 valence electrons. The molecule has 0 radical (unpaired) electrons. The largest absolute Gasteiger partial charge is 0.449 e. The summed E-state index contributed by atoms with van der Waals surface area (Å²) in [6.07, 6.45) is 3.01. The van der Waals surface area contributed by atoms with Crippen molar-refractivity contribution >= 4 is 33.6 Å². The number of methoxy groups -OCH3 is 1. The van der Waals surface area contributed by atoms with Gasteiger partial charge in [-0.1, -0.05) is 16.9 Å². The number of nitrogens with one attached hydrogen (secondary N) is 2. The second-order valence-corrected chi connectivity index (χ2v) is 10.7. The summed E-state index contributed by atoms with van der Waals surface area (Å²) in [6.45, 7) is 9.46. The van der Waals surface area contributed by atoms with Gasteiger partial charge in [0.2, 0.25) is 5.91 Å². The lowest BCUT2D eigenvalue weighted by atomic mass is 10.0. The van der Waals surface area contributed by atoms with Crippen LogP contribution in [-0.2, 0) is 19.0 Å². The zero-order valence-electron chi connectivity index (χ0n) is 19.8. The molecular formula is C22H37N3O5S2. The molecule has 0 bridgehead atoms. The molecule has 0 spiro atoms. The van der Waals surface area contributed by atoms with Crippen LogP contribution in [-0.4, -0.2) is 67.4 Å². The number of carbonyl (C=O) groups is 2. The summed E-state index contributed by atoms with van der Waals surface area (Å²) in [5.74, 6) is 0.633. The summed E-state index contributed by atoms with van der Waals surface area (Å²) >= 11 is 0. The molecule has 32 heavy (non-hydrogen) atoms. The number of rotatable bonds is 16. The van der Waals surface area contributed by atoms with E-state index < -0.39 is 11.7 Å². The van der Waals surface area contributed by atoms with Crippen molar-refractivity contribution in [2.75, 3.05) is 39.2 Å². The molecular weight excluding hydrogens is 450 g/mol. The molecule has 10 heteroatoms. The fourth-order valence-electron chi connectivity index (χ4n) is 2.28. The number of alkyl carbamates (subject to hydrolysis) is 1. The van der Waals surface area contributed by atoms with Crippen LogP contribution in [0.3, 0.4) is 0 Å². The third-order valence-corrected chi connectivity index (χ3v) is 6.86. The van der Waals surface area contributed by atoms with E-state index in [9.17, 15) is 9.59 Å². The predicted octanol–water partition coefficient (Wildman–Crippen LogP) is 4.05. The van der Waals surface area contributed by atoms with Gasteiger partial charge in [-0.15, -0.1) is 0 Å². The Balaban J connectivity index is 2.02. The Hall–Kier alpha value is -1.49. The number of hydrogen-bond donors (Lipinski definition) is 2. The zero-order chi connectivity index (χ0) is 23.9. The van der Waals surface area contributed by atoms with Crippen molar-refractivity contribution in [3.05, 3.63) is 24.4 Å². The number of ether oxygens (including phenoxy) is 3. The average molecular weight is 488 g/mol. The molecule has 1 heterocycles. The fourth-order valence-corrected chi connectivity index (χ4v) is 4.14. The monoisotopic (exact) mass is 487 g/mol. The molecule has 0 aliphatic heterocycles. The smallest absolute Gasteiger partial charge is 0.407 e. The van der Waals surface area contributed by atoms with E-state index in [0.29, 0.717) is 38.3 Å². The van der Waals surface area contributed by atoms with Gasteiger partial charge in [-0.3, -0.25) is 4.79 Å². The van der Waals surface area contributed by atoms with Crippen molar-refractivity contribution in [1.29, 1.82) is 0 Å². The van der Waals surface area contributed by atoms with Crippen molar-refractivity contribution < 1.29 is 23.8 Å². The van der Waals surface area contributed by atoms with Crippen LogP contribution in [0.5, 0.6) is 0 Å². The SMILES string of the molecule is COC(C)(C)CCOC(C)(C)CCOC(=O)NCCNC(=O)CCSSc1ccccn1. The first-order valence-corrected chi connectivity index (χ1v) is 13.0. The molecule has 2 N–H and O–H groups in total. The van der Waals surface area contributed by atoms with Crippen LogP contribution in [0.4, 0.5) is 4.79 Å². The summed E-state index contributed by atoms with van der Waals surface area (Å²) in [5, 5.41) is 6.33. The molecule has 0 saturated carbocycles. The predicted molar refractivity (Wildman–Crippen MR) is 130 cm³/mol. The molecule has 0 aromatic carbocycles. The quantitative estimate of drug-likeness (QED) is 0.266. The van der Waals surface area contributed by atoms with Gasteiger partial charge in [0.05, 0.1) is 24.4 Å². The Bertz CT molecular complexity index is 675. The van der Waals surface area contributed by atoms with E-state index in [0.717, 1.165) is 11.4 Å². The van der Waals surface area contributed by atoms with Gasteiger partial charge in [-0.2, -0.15) is 0 Å². The highest BCUT2D eigenvalue weighted by Gasteiger charge is 2.22. The Kier molecular flexibility index (Phi) is 13.7. The van der Waals surface area contributed by atoms with Crippen molar-refractivity contribution in [2.45, 2.75) is 63.2 Å². The number of carbonyl (C=O) groups excluding carboxylic acids is 2. The summed E-state index contributed by atoms with van der Waals surface area (Å²) in [5.41, 5.74) is -0.621. The lowest BCUT2D eigenvalue weighted by Crippen LogP contribution is -2.36. The maximum absolute atomic E-state index is 11.8. The van der Waals surface area contributed by atoms with Crippen molar-refractivity contribution in [2.24, 2.45) is 0 Å². The minimum Gasteiger partial charge on any atom is -0.449 e. The first-order valence-electron chi connectivity index (χ1n) is 10.7. The Morgan fingerprint density at radius 1 is 1.03 bits per heavy atom. The first kappa shape index (κ1) is 28.5. The van der Waals surface area contributed by atoms with Gasteiger partial charge in [0.15, 0.2) is 0 Å². The van der Waals surface area contributed by atoms with E-state index in [1.807, 2.05) is 45.9 Å². The van der Waals surface area contributed by atoms with E-state index in [2.05, 4.69) is 15.6 Å². The van der Waals surface area contributed by atoms with Crippen LogP contribution in [0.2, 0.25) is 0 Å². The standard InChI is InChI=1S/C22H37N3O5S2/c1-21(2,28-5)11-16-30-22(3,4)10-15-29-20(27)25-14-13-23-18(26)9-17-31-32-19-8-6-7-12-24-19/h6-8,12H,9-11,13-17H2,1-5H3,(H,23,26)(H,25,27). The molecule has 2 amide bonds. The number of nitrogens with zero attached hydrogens (tertiary/aromatic N) is 1. The number of aromatic nitrogens is 1. The molecule has 0 aliphatic carbocycles. The van der Waals surface area contributed by atoms with Gasteiger partial charge in [-0.25, -0.2) is 9.78 Å². The summed E-state index contributed by atoms with van der Waals surface area (Å²) in [7, 11) is 4.82. The van der Waals surface area contributed by atoms with Crippen LogP contribution in [0.1, 0.15) is 47.0 Å². The minimum atomic E-state index is -0.502. The number of hydrogen-bond acceptors (Lipinski definition) is 8. The molecule has 1 rings (SSSR count). The molecule has 0 fully saturated rings. The Morgan fingerprint density at radius 2 is 1.75 bits per heavy atom. The van der Waals surface area contributed by atoms with Crippen LogP contribution >= 0.6 is 21.6 Å². The van der Waals surface area contributed by atoms with Crippen molar-refractivity contribution in [1.82, 2.24) is 15.6 Å². The topological polar surface area (TPSA) is 98.8 Å². The van der Waals surface area contributed by atoms with Gasteiger partial charge in [-0.05, 0) is 57.0 Å². The highest BCUT2D eigenvalue weighted by Crippen LogP contribution is 2.29. The Labute approximate surface area is 199 Å². The zero-order valence-corrected chi connectivity index (χ0v) is 21.4. The van der Waals surface area contributed by atoms with Crippen LogP contribution in [0.15, 0.2) is 29.4 Å². The molecule has 1 aromatic rings. The summed E-state index contributed by atoms with van der Waals surface area (Å²) < 4.78 is 16.5. The highest BCUT2D eigenvalue weighted by atomic mass is 33.1. The number of amides is 2. The van der Waals surface area contributed by atoms with E-state index in [4.69, 9.17) is 14.2 Å². The average Bonchev–Trinajstić information content (AvgIpc) is 2.74. The van der Waals surface area contributed by atoms with Gasteiger partial charge in [0, 0.05) is 45.0 Å². The third kappa shape index (κ3) is 14.5. The van der Waals surface area contributed by atoms with Gasteiger partial charge in [0.25, 0.3) is 0 Å². The molecule has 0 saturated heterocycles. The van der Waals surface area contributed by atoms with E-state index >= 15 is 0 Å². The summed E-state index contributed by atoms with van der Waals surface area (Å²) in [4.78, 5) is 27.8. The second-order valence-electron chi connectivity index (χ2n) is 8.31. The fraction of sp³-hybridized carbons (Fsp3) is 0.682. The normalized spacial score (nSPS) is 11.8. The Morgan fingerprint density at radius 3 is 2.44 bits per heavy atom. The maximum Gasteiger partial charge on any atom is 0.407 e. The molecule has 1 aromatic heterocycles. The van der Waals surface area contributed by atoms with Crippen LogP contribution in [0.25, 0.3) is 0 Å². The van der Waals surface area contributed by atoms with E-state index in [-0.39, 0.29) is 18.1 Å².